The highest BCUT2D eigenvalue weighted by Gasteiger charge is 2.52. The molecule has 4 N–H and O–H groups in total. The second kappa shape index (κ2) is 17.5. The number of aryl methyl sites for hydroxylation is 2. The fourth-order valence-corrected chi connectivity index (χ4v) is 7.91. The summed E-state index contributed by atoms with van der Waals surface area (Å²) in [5.74, 6) is -3.29. The van der Waals surface area contributed by atoms with Gasteiger partial charge in [-0.25, -0.2) is 28.7 Å². The molecule has 0 saturated carbocycles. The van der Waals surface area contributed by atoms with Gasteiger partial charge in [-0.15, -0.1) is 0 Å². The Bertz CT molecular complexity index is 2890. The highest BCUT2D eigenvalue weighted by molar-refractivity contribution is 6.10. The molecule has 6 aromatic rings. The van der Waals surface area contributed by atoms with E-state index in [1.165, 1.54) is 45.9 Å². The average Bonchev–Trinajstić information content (AvgIpc) is 4.05. The van der Waals surface area contributed by atoms with Crippen LogP contribution < -0.4 is 11.5 Å². The molecule has 2 aromatic carbocycles. The van der Waals surface area contributed by atoms with E-state index in [1.807, 2.05) is 6.92 Å². The molecular weight excluding hydrogens is 833 g/mol. The average molecular weight is 875 g/mol. The van der Waals surface area contributed by atoms with Crippen molar-refractivity contribution >= 4 is 35.8 Å². The van der Waals surface area contributed by atoms with E-state index in [0.717, 1.165) is 18.5 Å². The number of benzene rings is 2. The Hall–Kier alpha value is -7.76. The maximum absolute atomic E-state index is 14.4. The van der Waals surface area contributed by atoms with Gasteiger partial charge in [0.05, 0.1) is 24.1 Å². The number of Topliss-reactive ketones (excluding diaryl/α,β-unsaturated/α-hetero) is 1. The van der Waals surface area contributed by atoms with Crippen molar-refractivity contribution in [3.63, 3.8) is 0 Å². The van der Waals surface area contributed by atoms with Crippen molar-refractivity contribution in [2.24, 2.45) is 21.5 Å². The van der Waals surface area contributed by atoms with Crippen LogP contribution in [0.1, 0.15) is 63.5 Å². The van der Waals surface area contributed by atoms with Crippen molar-refractivity contribution < 1.29 is 36.7 Å². The first-order chi connectivity index (χ1) is 30.6. The van der Waals surface area contributed by atoms with Crippen molar-refractivity contribution in [1.82, 2.24) is 28.9 Å². The smallest absolute Gasteiger partial charge is 0.266 e. The lowest BCUT2D eigenvalue weighted by Gasteiger charge is -2.25. The zero-order valence-corrected chi connectivity index (χ0v) is 35.1. The zero-order valence-electron chi connectivity index (χ0n) is 35.1. The molecule has 14 nitrogen and oxygen atoms in total. The van der Waals surface area contributed by atoms with E-state index in [0.29, 0.717) is 45.6 Å². The number of pyridine rings is 2. The van der Waals surface area contributed by atoms with Crippen LogP contribution in [-0.2, 0) is 33.8 Å². The minimum absolute atomic E-state index is 0.0596. The lowest BCUT2D eigenvalue weighted by atomic mass is 9.83. The molecule has 2 aliphatic rings. The normalized spacial score (nSPS) is 18.2. The SMILES string of the molecule is CCC(=O)c1cc(C2(c3cccc(-c4cc(F)cnc4F)c3)N=C(N)N(C)C2=O)cn1CCF.CCn1cc([C@]2(c3cccc(-c4cccnc4F)c3)N=C(N)N(C)C2=O)cc1C=O. The van der Waals surface area contributed by atoms with Gasteiger partial charge in [0.15, 0.2) is 35.1 Å². The molecule has 0 spiro atoms. The molecule has 0 fully saturated rings. The summed E-state index contributed by atoms with van der Waals surface area (Å²) >= 11 is 0. The number of ketones is 1. The van der Waals surface area contributed by atoms with E-state index in [1.54, 1.807) is 85.4 Å². The Kier molecular flexibility index (Phi) is 12.1. The number of guanidine groups is 2. The summed E-state index contributed by atoms with van der Waals surface area (Å²) in [5, 5.41) is 0. The van der Waals surface area contributed by atoms with Crippen molar-refractivity contribution in [2.75, 3.05) is 20.8 Å². The minimum atomic E-state index is -1.70. The number of carbonyl (C=O) groups excluding carboxylic acids is 4. The monoisotopic (exact) mass is 874 g/mol. The number of carbonyl (C=O) groups is 4. The molecule has 6 heterocycles. The number of alkyl halides is 1. The largest absolute Gasteiger partial charge is 0.369 e. The van der Waals surface area contributed by atoms with E-state index < -0.39 is 41.4 Å². The van der Waals surface area contributed by atoms with Gasteiger partial charge >= 0.3 is 0 Å². The first-order valence-corrected chi connectivity index (χ1v) is 20.0. The van der Waals surface area contributed by atoms with Gasteiger partial charge in [0, 0.05) is 67.9 Å². The summed E-state index contributed by atoms with van der Waals surface area (Å²) in [6, 6.07) is 20.6. The quantitative estimate of drug-likeness (QED) is 0.0651. The second-order valence-corrected chi connectivity index (χ2v) is 14.9. The van der Waals surface area contributed by atoms with Crippen LogP contribution in [0.2, 0.25) is 0 Å². The third-order valence-corrected chi connectivity index (χ3v) is 11.3. The van der Waals surface area contributed by atoms with Crippen LogP contribution >= 0.6 is 0 Å². The number of amides is 2. The van der Waals surface area contributed by atoms with Gasteiger partial charge in [0.1, 0.15) is 12.5 Å². The predicted octanol–water partition coefficient (Wildman–Crippen LogP) is 5.97. The number of hydrogen-bond donors (Lipinski definition) is 2. The van der Waals surface area contributed by atoms with Gasteiger partial charge < -0.3 is 20.6 Å². The van der Waals surface area contributed by atoms with Gasteiger partial charge in [0.2, 0.25) is 11.9 Å². The molecule has 0 bridgehead atoms. The van der Waals surface area contributed by atoms with Crippen LogP contribution in [0.25, 0.3) is 22.3 Å². The van der Waals surface area contributed by atoms with Gasteiger partial charge in [-0.05, 0) is 71.6 Å². The molecule has 328 valence electrons. The number of nitrogens with zero attached hydrogens (tertiary/aromatic N) is 8. The van der Waals surface area contributed by atoms with Gasteiger partial charge in [-0.2, -0.15) is 8.78 Å². The minimum Gasteiger partial charge on any atom is -0.369 e. The highest BCUT2D eigenvalue weighted by Crippen LogP contribution is 2.43. The van der Waals surface area contributed by atoms with Crippen LogP contribution in [0.4, 0.5) is 17.6 Å². The van der Waals surface area contributed by atoms with Crippen LogP contribution in [-0.4, -0.2) is 85.5 Å². The molecule has 18 heteroatoms. The van der Waals surface area contributed by atoms with Crippen molar-refractivity contribution in [1.29, 1.82) is 0 Å². The van der Waals surface area contributed by atoms with Gasteiger partial charge in [-0.1, -0.05) is 43.3 Å². The molecule has 1 unspecified atom stereocenters. The summed E-state index contributed by atoms with van der Waals surface area (Å²) < 4.78 is 58.8. The first kappa shape index (κ1) is 44.3. The fraction of sp³-hybridized carbons (Fsp3) is 0.217. The van der Waals surface area contributed by atoms with Gasteiger partial charge in [-0.3, -0.25) is 29.0 Å². The van der Waals surface area contributed by atoms with Gasteiger partial charge in [0.25, 0.3) is 11.8 Å². The molecule has 2 amide bonds. The molecule has 4 aromatic heterocycles. The number of aldehydes is 1. The number of aromatic nitrogens is 4. The Morgan fingerprint density at radius 3 is 1.78 bits per heavy atom. The third kappa shape index (κ3) is 7.49. The van der Waals surface area contributed by atoms with E-state index in [9.17, 15) is 36.7 Å². The van der Waals surface area contributed by atoms with Crippen LogP contribution in [0.5, 0.6) is 0 Å². The molecule has 8 rings (SSSR count). The first-order valence-electron chi connectivity index (χ1n) is 20.0. The van der Waals surface area contributed by atoms with Crippen molar-refractivity contribution in [3.05, 3.63) is 155 Å². The molecular formula is C46H42F4N10O4. The summed E-state index contributed by atoms with van der Waals surface area (Å²) in [5.41, 5.74) is 12.2. The number of likely N-dealkylation sites (N-methyl/N-ethyl adjacent to an activating group) is 2. The zero-order chi connectivity index (χ0) is 46.1. The number of rotatable bonds is 12. The number of nitrogens with two attached hydrogens (primary N) is 2. The molecule has 0 radical (unpaired) electrons. The lowest BCUT2D eigenvalue weighted by Crippen LogP contribution is -2.41. The maximum Gasteiger partial charge on any atom is 0.266 e. The fourth-order valence-electron chi connectivity index (χ4n) is 7.91. The van der Waals surface area contributed by atoms with Crippen molar-refractivity contribution in [2.45, 2.75) is 44.4 Å². The second-order valence-electron chi connectivity index (χ2n) is 14.9. The number of aliphatic imine (C=N–C) groups is 2. The summed E-state index contributed by atoms with van der Waals surface area (Å²) in [7, 11) is 3.00. The van der Waals surface area contributed by atoms with E-state index in [4.69, 9.17) is 11.5 Å². The Balaban J connectivity index is 0.000000193. The number of halogens is 4. The summed E-state index contributed by atoms with van der Waals surface area (Å²) in [4.78, 5) is 69.5. The molecule has 2 aliphatic heterocycles. The Labute approximate surface area is 364 Å². The Morgan fingerprint density at radius 2 is 1.28 bits per heavy atom. The van der Waals surface area contributed by atoms with Crippen LogP contribution in [0.15, 0.2) is 114 Å². The topological polar surface area (TPSA) is 187 Å². The highest BCUT2D eigenvalue weighted by atomic mass is 19.1. The van der Waals surface area contributed by atoms with E-state index in [-0.39, 0.29) is 53.4 Å². The van der Waals surface area contributed by atoms with Crippen LogP contribution in [0.3, 0.4) is 0 Å². The summed E-state index contributed by atoms with van der Waals surface area (Å²) in [6.07, 6.45) is 6.30. The maximum atomic E-state index is 14.4. The predicted molar refractivity (Wildman–Crippen MR) is 230 cm³/mol. The summed E-state index contributed by atoms with van der Waals surface area (Å²) in [6.45, 7) is 3.33. The standard InChI is InChI=1S/C24H22F3N5O2.C22H20FN5O2/c1-3-20(33)19-10-16(13-32(19)8-7-25)24(22(34)31(2)23(28)30-24)15-6-4-5-14(9-15)18-11-17(26)12-29-21(18)27;1-3-28-12-16(11-17(28)13-29)22(20(30)27(2)21(24)26-22)15-7-4-6-14(10-15)18-8-5-9-25-19(18)23/h4-6,9-13H,3,7-8H2,1-2H3,(H2,28,30);4-13H,3H2,1-2H3,(H2,24,26)/t;22-/m.0/s1. The number of hydrogen-bond acceptors (Lipinski definition) is 10. The van der Waals surface area contributed by atoms with Crippen molar-refractivity contribution in [3.8, 4) is 22.3 Å². The van der Waals surface area contributed by atoms with Crippen LogP contribution in [0, 0.1) is 17.7 Å². The Morgan fingerprint density at radius 1 is 0.719 bits per heavy atom. The van der Waals surface area contributed by atoms with E-state index in [2.05, 4.69) is 20.0 Å². The molecule has 2 atom stereocenters. The molecule has 64 heavy (non-hydrogen) atoms. The molecule has 0 saturated heterocycles. The lowest BCUT2D eigenvalue weighted by molar-refractivity contribution is -0.130. The molecule has 0 aliphatic carbocycles. The van der Waals surface area contributed by atoms with E-state index >= 15 is 0 Å². The third-order valence-electron chi connectivity index (χ3n) is 11.3.